The second kappa shape index (κ2) is 7.55. The number of nitrogens with zero attached hydrogens (tertiary/aromatic N) is 3. The fourth-order valence-electron chi connectivity index (χ4n) is 3.05. The first-order chi connectivity index (χ1) is 13.5. The third kappa shape index (κ3) is 3.68. The minimum atomic E-state index is -0.769. The van der Waals surface area contributed by atoms with Crippen molar-refractivity contribution in [3.05, 3.63) is 64.3 Å². The van der Waals surface area contributed by atoms with E-state index in [1.807, 2.05) is 42.5 Å². The lowest BCUT2D eigenvalue weighted by Crippen LogP contribution is -2.48. The Labute approximate surface area is 169 Å². The van der Waals surface area contributed by atoms with Crippen molar-refractivity contribution in [1.82, 2.24) is 15.3 Å². The molecule has 8 heteroatoms. The summed E-state index contributed by atoms with van der Waals surface area (Å²) in [5, 5.41) is 3.59. The molecule has 0 saturated carbocycles. The van der Waals surface area contributed by atoms with E-state index in [9.17, 15) is 9.59 Å². The van der Waals surface area contributed by atoms with Gasteiger partial charge in [0, 0.05) is 29.5 Å². The van der Waals surface area contributed by atoms with Crippen molar-refractivity contribution in [2.45, 2.75) is 19.1 Å². The van der Waals surface area contributed by atoms with E-state index < -0.39 is 18.0 Å². The maximum absolute atomic E-state index is 12.7. The highest BCUT2D eigenvalue weighted by molar-refractivity contribution is 9.10. The van der Waals surface area contributed by atoms with Gasteiger partial charge in [0.2, 0.25) is 5.95 Å². The Kier molecular flexibility index (Phi) is 4.95. The number of aromatic nitrogens is 2. The zero-order valence-corrected chi connectivity index (χ0v) is 16.6. The van der Waals surface area contributed by atoms with E-state index in [1.54, 1.807) is 13.2 Å². The molecular formula is C20H17BrN4O3. The number of hydrogen-bond donors (Lipinski definition) is 1. The van der Waals surface area contributed by atoms with Crippen LogP contribution in [0.5, 0.6) is 0 Å². The van der Waals surface area contributed by atoms with Crippen molar-refractivity contribution in [3.63, 3.8) is 0 Å². The lowest BCUT2D eigenvalue weighted by molar-refractivity contribution is -0.146. The smallest absolute Gasteiger partial charge is 0.329 e. The summed E-state index contributed by atoms with van der Waals surface area (Å²) in [5.41, 5.74) is 2.65. The molecule has 28 heavy (non-hydrogen) atoms. The fraction of sp³-hybridized carbons (Fsp3) is 0.200. The molecule has 1 unspecified atom stereocenters. The third-order valence-corrected chi connectivity index (χ3v) is 5.12. The number of urea groups is 1. The predicted octanol–water partition coefficient (Wildman–Crippen LogP) is 3.21. The van der Waals surface area contributed by atoms with Crippen LogP contribution in [0, 0.1) is 0 Å². The first kappa shape index (κ1) is 18.4. The van der Waals surface area contributed by atoms with Crippen molar-refractivity contribution >= 4 is 44.8 Å². The number of amides is 2. The number of esters is 1. The minimum absolute atomic E-state index is 0.209. The number of ether oxygens (including phenoxy) is 1. The van der Waals surface area contributed by atoms with Crippen molar-refractivity contribution in [1.29, 1.82) is 0 Å². The van der Waals surface area contributed by atoms with E-state index in [0.717, 1.165) is 26.5 Å². The van der Waals surface area contributed by atoms with Gasteiger partial charge in [0.15, 0.2) is 0 Å². The van der Waals surface area contributed by atoms with E-state index in [2.05, 4.69) is 31.2 Å². The SMILES string of the molecule is CN(C(=O)NC1Cc2ccccc2COC1=O)c1ncc2cc(Br)ccc2n1. The molecule has 2 amide bonds. The van der Waals surface area contributed by atoms with Gasteiger partial charge >= 0.3 is 12.0 Å². The molecule has 2 heterocycles. The molecule has 1 aliphatic heterocycles. The lowest BCUT2D eigenvalue weighted by Gasteiger charge is -2.20. The summed E-state index contributed by atoms with van der Waals surface area (Å²) in [7, 11) is 1.56. The van der Waals surface area contributed by atoms with Gasteiger partial charge in [-0.1, -0.05) is 40.2 Å². The summed E-state index contributed by atoms with van der Waals surface area (Å²) in [4.78, 5) is 34.9. The molecule has 0 radical (unpaired) electrons. The molecule has 4 rings (SSSR count). The van der Waals surface area contributed by atoms with Crippen molar-refractivity contribution in [3.8, 4) is 0 Å². The number of rotatable bonds is 2. The molecule has 0 spiro atoms. The molecule has 0 aliphatic carbocycles. The lowest BCUT2D eigenvalue weighted by atomic mass is 10.0. The Morgan fingerprint density at radius 1 is 1.25 bits per heavy atom. The molecule has 1 N–H and O–H groups in total. The number of cyclic esters (lactones) is 1. The maximum atomic E-state index is 12.7. The van der Waals surface area contributed by atoms with E-state index in [-0.39, 0.29) is 12.6 Å². The summed E-state index contributed by atoms with van der Waals surface area (Å²) in [5.74, 6) is -0.211. The normalized spacial score (nSPS) is 16.1. The molecule has 0 fully saturated rings. The number of carbonyl (C=O) groups excluding carboxylic acids is 2. The van der Waals surface area contributed by atoms with Crippen LogP contribution in [0.15, 0.2) is 53.1 Å². The van der Waals surface area contributed by atoms with Gasteiger partial charge in [-0.2, -0.15) is 0 Å². The van der Waals surface area contributed by atoms with Crippen LogP contribution < -0.4 is 10.2 Å². The standard InChI is InChI=1S/C20H17BrN4O3/c1-25(19-22-10-14-8-15(21)6-7-16(14)23-19)20(27)24-17-9-12-4-2-3-5-13(12)11-28-18(17)26/h2-8,10,17H,9,11H2,1H3,(H,24,27). The monoisotopic (exact) mass is 440 g/mol. The molecular weight excluding hydrogens is 424 g/mol. The fourth-order valence-corrected chi connectivity index (χ4v) is 3.43. The number of anilines is 1. The van der Waals surface area contributed by atoms with Gasteiger partial charge in [0.1, 0.15) is 12.6 Å². The quantitative estimate of drug-likeness (QED) is 0.618. The van der Waals surface area contributed by atoms with Crippen LogP contribution in [-0.4, -0.2) is 35.1 Å². The Bertz CT molecular complexity index is 1070. The maximum Gasteiger partial charge on any atom is 0.329 e. The highest BCUT2D eigenvalue weighted by Crippen LogP contribution is 2.20. The van der Waals surface area contributed by atoms with Crippen LogP contribution >= 0.6 is 15.9 Å². The van der Waals surface area contributed by atoms with Crippen LogP contribution in [0.2, 0.25) is 0 Å². The van der Waals surface area contributed by atoms with Crippen LogP contribution in [0.25, 0.3) is 10.9 Å². The van der Waals surface area contributed by atoms with Crippen LogP contribution in [0.4, 0.5) is 10.7 Å². The molecule has 0 saturated heterocycles. The van der Waals surface area contributed by atoms with Crippen LogP contribution in [0.1, 0.15) is 11.1 Å². The Morgan fingerprint density at radius 2 is 2.04 bits per heavy atom. The average Bonchev–Trinajstić information content (AvgIpc) is 2.86. The topological polar surface area (TPSA) is 84.4 Å². The number of hydrogen-bond acceptors (Lipinski definition) is 5. The Morgan fingerprint density at radius 3 is 2.86 bits per heavy atom. The molecule has 1 atom stereocenters. The zero-order chi connectivity index (χ0) is 19.7. The molecule has 0 bridgehead atoms. The number of carbonyl (C=O) groups is 2. The van der Waals surface area contributed by atoms with Gasteiger partial charge in [-0.15, -0.1) is 0 Å². The van der Waals surface area contributed by atoms with Gasteiger partial charge < -0.3 is 10.1 Å². The second-order valence-electron chi connectivity index (χ2n) is 6.51. The van der Waals surface area contributed by atoms with Crippen molar-refractivity contribution < 1.29 is 14.3 Å². The van der Waals surface area contributed by atoms with Crippen molar-refractivity contribution in [2.24, 2.45) is 0 Å². The van der Waals surface area contributed by atoms with Gasteiger partial charge in [0.05, 0.1) is 5.52 Å². The molecule has 7 nitrogen and oxygen atoms in total. The summed E-state index contributed by atoms with van der Waals surface area (Å²) in [6, 6.07) is 12.0. The first-order valence-electron chi connectivity index (χ1n) is 8.71. The third-order valence-electron chi connectivity index (χ3n) is 4.63. The van der Waals surface area contributed by atoms with Gasteiger partial charge in [0.25, 0.3) is 0 Å². The van der Waals surface area contributed by atoms with E-state index in [0.29, 0.717) is 6.42 Å². The summed E-state index contributed by atoms with van der Waals surface area (Å²) >= 11 is 3.41. The van der Waals surface area contributed by atoms with Crippen LogP contribution in [-0.2, 0) is 22.6 Å². The number of nitrogens with one attached hydrogen (secondary N) is 1. The van der Waals surface area contributed by atoms with E-state index in [4.69, 9.17) is 4.74 Å². The molecule has 1 aliphatic rings. The van der Waals surface area contributed by atoms with Crippen LogP contribution in [0.3, 0.4) is 0 Å². The Hall–Kier alpha value is -3.00. The summed E-state index contributed by atoms with van der Waals surface area (Å²) in [6.45, 7) is 0.209. The Balaban J connectivity index is 1.52. The molecule has 1 aromatic heterocycles. The zero-order valence-electron chi connectivity index (χ0n) is 15.1. The molecule has 3 aromatic rings. The molecule has 142 valence electrons. The number of fused-ring (bicyclic) bond motifs is 2. The first-order valence-corrected chi connectivity index (χ1v) is 9.50. The largest absolute Gasteiger partial charge is 0.459 e. The highest BCUT2D eigenvalue weighted by atomic mass is 79.9. The van der Waals surface area contributed by atoms with Gasteiger partial charge in [-0.05, 0) is 29.3 Å². The summed E-state index contributed by atoms with van der Waals surface area (Å²) in [6.07, 6.45) is 2.03. The number of halogens is 1. The second-order valence-corrected chi connectivity index (χ2v) is 7.43. The van der Waals surface area contributed by atoms with E-state index >= 15 is 0 Å². The highest BCUT2D eigenvalue weighted by Gasteiger charge is 2.28. The number of benzene rings is 2. The van der Waals surface area contributed by atoms with Crippen molar-refractivity contribution in [2.75, 3.05) is 11.9 Å². The van der Waals surface area contributed by atoms with Gasteiger partial charge in [-0.25, -0.2) is 19.6 Å². The van der Waals surface area contributed by atoms with E-state index in [1.165, 1.54) is 4.90 Å². The average molecular weight is 441 g/mol. The minimum Gasteiger partial charge on any atom is -0.459 e. The molecule has 2 aromatic carbocycles. The predicted molar refractivity (Wildman–Crippen MR) is 108 cm³/mol. The summed E-state index contributed by atoms with van der Waals surface area (Å²) < 4.78 is 6.21. The van der Waals surface area contributed by atoms with Gasteiger partial charge in [-0.3, -0.25) is 4.90 Å².